The van der Waals surface area contributed by atoms with Gasteiger partial charge in [-0.3, -0.25) is 0 Å². The average Bonchev–Trinajstić information content (AvgIpc) is 2.79. The van der Waals surface area contributed by atoms with Gasteiger partial charge in [0.1, 0.15) is 11.4 Å². The number of nitrogens with one attached hydrogen (secondary N) is 1. The summed E-state index contributed by atoms with van der Waals surface area (Å²) in [5.74, 6) is -2.05. The van der Waals surface area contributed by atoms with E-state index in [9.17, 15) is 17.2 Å². The van der Waals surface area contributed by atoms with Crippen molar-refractivity contribution in [2.24, 2.45) is 0 Å². The Labute approximate surface area is 120 Å². The Kier molecular flexibility index (Phi) is 3.81. The molecule has 6 nitrogen and oxygen atoms in total. The van der Waals surface area contributed by atoms with Gasteiger partial charge in [-0.2, -0.15) is 0 Å². The summed E-state index contributed by atoms with van der Waals surface area (Å²) in [5.41, 5.74) is -0.865. The Balaban J connectivity index is 2.40. The lowest BCUT2D eigenvalue weighted by Crippen LogP contribution is -2.40. The number of aromatic nitrogens is 3. The van der Waals surface area contributed by atoms with Crippen molar-refractivity contribution in [1.29, 1.82) is 0 Å². The first kappa shape index (κ1) is 15.5. The van der Waals surface area contributed by atoms with Gasteiger partial charge in [-0.15, -0.1) is 5.10 Å². The van der Waals surface area contributed by atoms with Crippen molar-refractivity contribution in [3.05, 3.63) is 41.7 Å². The van der Waals surface area contributed by atoms with E-state index in [1.807, 2.05) is 0 Å². The molecular formula is C12H14F2N4O2S. The van der Waals surface area contributed by atoms with E-state index in [4.69, 9.17) is 0 Å². The van der Waals surface area contributed by atoms with Crippen molar-refractivity contribution in [1.82, 2.24) is 19.7 Å². The highest BCUT2D eigenvalue weighted by Crippen LogP contribution is 2.21. The van der Waals surface area contributed by atoms with Gasteiger partial charge in [-0.25, -0.2) is 26.6 Å². The quantitative estimate of drug-likeness (QED) is 0.923. The van der Waals surface area contributed by atoms with Crippen molar-refractivity contribution in [3.63, 3.8) is 0 Å². The number of rotatable bonds is 4. The molecule has 0 bridgehead atoms. The fraction of sp³-hybridized carbons (Fsp3) is 0.333. The highest BCUT2D eigenvalue weighted by Gasteiger charge is 2.28. The van der Waals surface area contributed by atoms with Gasteiger partial charge >= 0.3 is 0 Å². The first-order valence-corrected chi connectivity index (χ1v) is 7.85. The van der Waals surface area contributed by atoms with Crippen molar-refractivity contribution in [3.8, 4) is 5.69 Å². The molecule has 0 aliphatic heterocycles. The molecule has 1 heterocycles. The fourth-order valence-corrected chi connectivity index (χ4v) is 2.88. The van der Waals surface area contributed by atoms with Crippen molar-refractivity contribution < 1.29 is 17.2 Å². The van der Waals surface area contributed by atoms with Crippen LogP contribution in [0.2, 0.25) is 0 Å². The van der Waals surface area contributed by atoms with Crippen LogP contribution in [0.3, 0.4) is 0 Å². The molecule has 0 saturated carbocycles. The predicted molar refractivity (Wildman–Crippen MR) is 72.3 cm³/mol. The van der Waals surface area contributed by atoms with E-state index < -0.39 is 27.2 Å². The van der Waals surface area contributed by atoms with E-state index in [-0.39, 0.29) is 11.4 Å². The minimum absolute atomic E-state index is 0.107. The lowest BCUT2D eigenvalue weighted by molar-refractivity contribution is 0.462. The van der Waals surface area contributed by atoms with E-state index in [1.54, 1.807) is 13.8 Å². The molecule has 1 aromatic carbocycles. The molecular weight excluding hydrogens is 302 g/mol. The zero-order valence-electron chi connectivity index (χ0n) is 11.6. The molecule has 2 rings (SSSR count). The highest BCUT2D eigenvalue weighted by molar-refractivity contribution is 7.88. The third kappa shape index (κ3) is 3.42. The normalized spacial score (nSPS) is 12.6. The lowest BCUT2D eigenvalue weighted by atomic mass is 10.0. The van der Waals surface area contributed by atoms with Crippen LogP contribution in [0.4, 0.5) is 8.78 Å². The highest BCUT2D eigenvalue weighted by atomic mass is 32.2. The van der Waals surface area contributed by atoms with E-state index >= 15 is 0 Å². The smallest absolute Gasteiger partial charge is 0.209 e. The van der Waals surface area contributed by atoms with Crippen LogP contribution in [0, 0.1) is 11.6 Å². The monoisotopic (exact) mass is 316 g/mol. The van der Waals surface area contributed by atoms with Crippen LogP contribution < -0.4 is 4.72 Å². The molecule has 0 amide bonds. The minimum atomic E-state index is -3.46. The maximum atomic E-state index is 13.7. The van der Waals surface area contributed by atoms with Gasteiger partial charge in [0.25, 0.3) is 0 Å². The van der Waals surface area contributed by atoms with Crippen LogP contribution in [-0.4, -0.2) is 29.7 Å². The maximum Gasteiger partial charge on any atom is 0.209 e. The minimum Gasteiger partial charge on any atom is -0.217 e. The van der Waals surface area contributed by atoms with Crippen LogP contribution in [-0.2, 0) is 15.6 Å². The molecule has 9 heteroatoms. The number of nitrogens with zero attached hydrogens (tertiary/aromatic N) is 3. The first-order chi connectivity index (χ1) is 9.60. The van der Waals surface area contributed by atoms with Gasteiger partial charge in [0, 0.05) is 0 Å². The Morgan fingerprint density at radius 1 is 1.29 bits per heavy atom. The second-order valence-electron chi connectivity index (χ2n) is 5.12. The van der Waals surface area contributed by atoms with Gasteiger partial charge in [0.15, 0.2) is 11.6 Å². The molecule has 0 radical (unpaired) electrons. The summed E-state index contributed by atoms with van der Waals surface area (Å²) < 4.78 is 53.0. The molecule has 0 unspecified atom stereocenters. The van der Waals surface area contributed by atoms with Gasteiger partial charge in [0.2, 0.25) is 10.0 Å². The Morgan fingerprint density at radius 3 is 2.57 bits per heavy atom. The van der Waals surface area contributed by atoms with Gasteiger partial charge < -0.3 is 0 Å². The topological polar surface area (TPSA) is 76.9 Å². The number of hydrogen-bond acceptors (Lipinski definition) is 4. The van der Waals surface area contributed by atoms with E-state index in [2.05, 4.69) is 15.0 Å². The molecule has 0 atom stereocenters. The van der Waals surface area contributed by atoms with Crippen molar-refractivity contribution >= 4 is 10.0 Å². The van der Waals surface area contributed by atoms with E-state index in [0.29, 0.717) is 0 Å². The zero-order valence-corrected chi connectivity index (χ0v) is 12.4. The summed E-state index contributed by atoms with van der Waals surface area (Å²) in [5, 5.41) is 7.53. The summed E-state index contributed by atoms with van der Waals surface area (Å²) in [7, 11) is -3.46. The Morgan fingerprint density at radius 2 is 1.95 bits per heavy atom. The van der Waals surface area contributed by atoms with Gasteiger partial charge in [-0.05, 0) is 26.0 Å². The second-order valence-corrected chi connectivity index (χ2v) is 6.87. The first-order valence-electron chi connectivity index (χ1n) is 5.96. The fourth-order valence-electron chi connectivity index (χ4n) is 1.85. The van der Waals surface area contributed by atoms with E-state index in [0.717, 1.165) is 17.0 Å². The maximum absolute atomic E-state index is 13.7. The van der Waals surface area contributed by atoms with Gasteiger partial charge in [0.05, 0.1) is 18.0 Å². The van der Waals surface area contributed by atoms with Crippen LogP contribution in [0.15, 0.2) is 24.4 Å². The predicted octanol–water partition coefficient (Wildman–Crippen LogP) is 1.33. The molecule has 0 aliphatic rings. The molecule has 114 valence electrons. The Hall–Kier alpha value is -1.87. The molecule has 0 aliphatic carbocycles. The van der Waals surface area contributed by atoms with Crippen molar-refractivity contribution in [2.75, 3.05) is 6.26 Å². The summed E-state index contributed by atoms with van der Waals surface area (Å²) in [6.07, 6.45) is 2.36. The van der Waals surface area contributed by atoms with Gasteiger partial charge in [-0.1, -0.05) is 11.3 Å². The van der Waals surface area contributed by atoms with Crippen molar-refractivity contribution in [2.45, 2.75) is 19.4 Å². The molecule has 1 aromatic heterocycles. The summed E-state index contributed by atoms with van der Waals surface area (Å²) in [6, 6.07) is 3.68. The SMILES string of the molecule is CC(C)(NS(C)(=O)=O)c1cn(-c2cccc(F)c2F)nn1. The summed E-state index contributed by atoms with van der Waals surface area (Å²) >= 11 is 0. The molecule has 2 aromatic rings. The molecule has 1 N–H and O–H groups in total. The number of sulfonamides is 1. The standard InChI is InChI=1S/C12H14F2N4O2S/c1-12(2,16-21(3,19)20)10-7-18(17-15-10)9-6-4-5-8(13)11(9)14/h4-7,16H,1-3H3. The largest absolute Gasteiger partial charge is 0.217 e. The zero-order chi connectivity index (χ0) is 15.8. The molecule has 0 saturated heterocycles. The second kappa shape index (κ2) is 5.15. The lowest BCUT2D eigenvalue weighted by Gasteiger charge is -2.21. The Bertz CT molecular complexity index is 771. The third-order valence-electron chi connectivity index (χ3n) is 2.75. The molecule has 0 spiro atoms. The number of benzene rings is 1. The molecule has 21 heavy (non-hydrogen) atoms. The van der Waals surface area contributed by atoms with E-state index in [1.165, 1.54) is 18.3 Å². The number of hydrogen-bond donors (Lipinski definition) is 1. The number of halogens is 2. The average molecular weight is 316 g/mol. The van der Waals surface area contributed by atoms with Crippen LogP contribution in [0.1, 0.15) is 19.5 Å². The summed E-state index contributed by atoms with van der Waals surface area (Å²) in [6.45, 7) is 3.18. The molecule has 0 fully saturated rings. The van der Waals surface area contributed by atoms with Crippen LogP contribution in [0.5, 0.6) is 0 Å². The van der Waals surface area contributed by atoms with Crippen LogP contribution in [0.25, 0.3) is 5.69 Å². The summed E-state index contributed by atoms with van der Waals surface area (Å²) in [4.78, 5) is 0. The van der Waals surface area contributed by atoms with Crippen LogP contribution >= 0.6 is 0 Å². The third-order valence-corrected chi connectivity index (χ3v) is 3.63.